The van der Waals surface area contributed by atoms with Gasteiger partial charge >= 0.3 is 5.97 Å². The molecule has 98 valence electrons. The highest BCUT2D eigenvalue weighted by atomic mass is 16.4. The Hall–Kier alpha value is -1.84. The molecule has 0 fully saturated rings. The summed E-state index contributed by atoms with van der Waals surface area (Å²) >= 11 is 0. The molecule has 0 aliphatic heterocycles. The SMILES string of the molecule is C[C@@H](CC(=O)O)CC(=O)N[C@@H](C)c1ccccc1. The zero-order chi connectivity index (χ0) is 13.5. The lowest BCUT2D eigenvalue weighted by Gasteiger charge is -2.15. The lowest BCUT2D eigenvalue weighted by atomic mass is 10.0. The maximum absolute atomic E-state index is 11.7. The molecule has 0 bridgehead atoms. The lowest BCUT2D eigenvalue weighted by molar-refractivity contribution is -0.138. The number of rotatable bonds is 6. The van der Waals surface area contributed by atoms with Crippen LogP contribution in [-0.4, -0.2) is 17.0 Å². The molecule has 1 aromatic carbocycles. The molecule has 1 rings (SSSR count). The molecule has 1 aromatic rings. The predicted molar refractivity (Wildman–Crippen MR) is 69.0 cm³/mol. The second-order valence-electron chi connectivity index (χ2n) is 4.61. The Morgan fingerprint density at radius 1 is 1.17 bits per heavy atom. The average Bonchev–Trinajstić information content (AvgIpc) is 2.28. The third kappa shape index (κ3) is 4.99. The van der Waals surface area contributed by atoms with Crippen LogP contribution in [-0.2, 0) is 9.59 Å². The maximum atomic E-state index is 11.7. The Kier molecular flexibility index (Phi) is 5.36. The molecule has 0 aromatic heterocycles. The number of amides is 1. The molecule has 0 unspecified atom stereocenters. The maximum Gasteiger partial charge on any atom is 0.303 e. The first kappa shape index (κ1) is 14.2. The van der Waals surface area contributed by atoms with Crippen molar-refractivity contribution in [3.8, 4) is 0 Å². The third-order valence-corrected chi connectivity index (χ3v) is 2.73. The van der Waals surface area contributed by atoms with Gasteiger partial charge in [0.2, 0.25) is 5.91 Å². The van der Waals surface area contributed by atoms with Gasteiger partial charge in [-0.25, -0.2) is 0 Å². The molecule has 0 aliphatic carbocycles. The quantitative estimate of drug-likeness (QED) is 0.813. The van der Waals surface area contributed by atoms with Gasteiger partial charge in [0, 0.05) is 12.8 Å². The Labute approximate surface area is 107 Å². The minimum Gasteiger partial charge on any atom is -0.481 e. The number of carboxylic acid groups (broad SMARTS) is 1. The highest BCUT2D eigenvalue weighted by molar-refractivity contribution is 5.77. The van der Waals surface area contributed by atoms with Gasteiger partial charge in [-0.2, -0.15) is 0 Å². The monoisotopic (exact) mass is 249 g/mol. The van der Waals surface area contributed by atoms with Crippen LogP contribution in [0.1, 0.15) is 38.3 Å². The van der Waals surface area contributed by atoms with Gasteiger partial charge in [0.25, 0.3) is 0 Å². The number of carbonyl (C=O) groups is 2. The Bertz CT molecular complexity index is 403. The molecule has 18 heavy (non-hydrogen) atoms. The van der Waals surface area contributed by atoms with Crippen LogP contribution in [0.4, 0.5) is 0 Å². The molecule has 2 atom stereocenters. The van der Waals surface area contributed by atoms with Crippen LogP contribution in [0.5, 0.6) is 0 Å². The second kappa shape index (κ2) is 6.79. The van der Waals surface area contributed by atoms with E-state index in [9.17, 15) is 9.59 Å². The van der Waals surface area contributed by atoms with Crippen molar-refractivity contribution in [2.75, 3.05) is 0 Å². The summed E-state index contributed by atoms with van der Waals surface area (Å²) in [5.74, 6) is -1.13. The number of carboxylic acids is 1. The Morgan fingerprint density at radius 3 is 2.33 bits per heavy atom. The first-order valence-corrected chi connectivity index (χ1v) is 6.05. The van der Waals surface area contributed by atoms with Crippen molar-refractivity contribution in [3.05, 3.63) is 35.9 Å². The minimum absolute atomic E-state index is 0.0210. The summed E-state index contributed by atoms with van der Waals surface area (Å²) in [6.07, 6.45) is 0.261. The Balaban J connectivity index is 2.43. The van der Waals surface area contributed by atoms with Crippen LogP contribution in [0, 0.1) is 5.92 Å². The normalized spacial score (nSPS) is 13.7. The van der Waals surface area contributed by atoms with Gasteiger partial charge < -0.3 is 10.4 Å². The van der Waals surface area contributed by atoms with Gasteiger partial charge in [-0.3, -0.25) is 9.59 Å². The topological polar surface area (TPSA) is 66.4 Å². The van der Waals surface area contributed by atoms with E-state index in [1.54, 1.807) is 6.92 Å². The van der Waals surface area contributed by atoms with E-state index >= 15 is 0 Å². The van der Waals surface area contributed by atoms with Crippen LogP contribution in [0.2, 0.25) is 0 Å². The fourth-order valence-electron chi connectivity index (χ4n) is 1.81. The number of benzene rings is 1. The van der Waals surface area contributed by atoms with E-state index in [1.807, 2.05) is 37.3 Å². The van der Waals surface area contributed by atoms with Crippen molar-refractivity contribution >= 4 is 11.9 Å². The zero-order valence-electron chi connectivity index (χ0n) is 10.7. The van der Waals surface area contributed by atoms with Crippen molar-refractivity contribution < 1.29 is 14.7 Å². The number of hydrogen-bond donors (Lipinski definition) is 2. The lowest BCUT2D eigenvalue weighted by Crippen LogP contribution is -2.28. The van der Waals surface area contributed by atoms with Gasteiger partial charge in [0.15, 0.2) is 0 Å². The van der Waals surface area contributed by atoms with Crippen LogP contribution in [0.15, 0.2) is 30.3 Å². The molecule has 2 N–H and O–H groups in total. The van der Waals surface area contributed by atoms with Gasteiger partial charge in [-0.05, 0) is 18.4 Å². The molecule has 0 radical (unpaired) electrons. The molecule has 1 amide bonds. The number of hydrogen-bond acceptors (Lipinski definition) is 2. The van der Waals surface area contributed by atoms with Gasteiger partial charge in [0.05, 0.1) is 6.04 Å². The number of carbonyl (C=O) groups excluding carboxylic acids is 1. The number of nitrogens with one attached hydrogen (secondary N) is 1. The highest BCUT2D eigenvalue weighted by Gasteiger charge is 2.14. The van der Waals surface area contributed by atoms with E-state index in [0.29, 0.717) is 0 Å². The van der Waals surface area contributed by atoms with Crippen molar-refractivity contribution in [3.63, 3.8) is 0 Å². The van der Waals surface area contributed by atoms with E-state index in [2.05, 4.69) is 5.32 Å². The van der Waals surface area contributed by atoms with Gasteiger partial charge in [0.1, 0.15) is 0 Å². The molecular weight excluding hydrogens is 230 g/mol. The molecule has 0 saturated carbocycles. The second-order valence-corrected chi connectivity index (χ2v) is 4.61. The summed E-state index contributed by atoms with van der Waals surface area (Å²) in [4.78, 5) is 22.2. The molecule has 0 spiro atoms. The van der Waals surface area contributed by atoms with E-state index in [1.165, 1.54) is 0 Å². The van der Waals surface area contributed by atoms with E-state index in [0.717, 1.165) is 5.56 Å². The smallest absolute Gasteiger partial charge is 0.303 e. The summed E-state index contributed by atoms with van der Waals surface area (Å²) in [5, 5.41) is 11.5. The fraction of sp³-hybridized carbons (Fsp3) is 0.429. The Morgan fingerprint density at radius 2 is 1.78 bits per heavy atom. The van der Waals surface area contributed by atoms with Gasteiger partial charge in [-0.1, -0.05) is 37.3 Å². The van der Waals surface area contributed by atoms with Crippen LogP contribution in [0.3, 0.4) is 0 Å². The van der Waals surface area contributed by atoms with Crippen LogP contribution in [0.25, 0.3) is 0 Å². The van der Waals surface area contributed by atoms with Crippen molar-refractivity contribution in [1.82, 2.24) is 5.32 Å². The van der Waals surface area contributed by atoms with Crippen molar-refractivity contribution in [1.29, 1.82) is 0 Å². The van der Waals surface area contributed by atoms with Crippen LogP contribution >= 0.6 is 0 Å². The summed E-state index contributed by atoms with van der Waals surface area (Å²) in [6, 6.07) is 9.61. The first-order chi connectivity index (χ1) is 8.49. The molecule has 4 nitrogen and oxygen atoms in total. The first-order valence-electron chi connectivity index (χ1n) is 6.05. The molecule has 0 heterocycles. The minimum atomic E-state index is -0.869. The third-order valence-electron chi connectivity index (χ3n) is 2.73. The molecule has 0 aliphatic rings. The highest BCUT2D eigenvalue weighted by Crippen LogP contribution is 2.13. The molecule has 4 heteroatoms. The number of aliphatic carboxylic acids is 1. The van der Waals surface area contributed by atoms with E-state index in [-0.39, 0.29) is 30.7 Å². The summed E-state index contributed by atoms with van der Waals surface area (Å²) in [5.41, 5.74) is 1.04. The summed E-state index contributed by atoms with van der Waals surface area (Å²) in [7, 11) is 0. The molecule has 0 saturated heterocycles. The van der Waals surface area contributed by atoms with E-state index in [4.69, 9.17) is 5.11 Å². The summed E-state index contributed by atoms with van der Waals surface area (Å²) < 4.78 is 0. The standard InChI is InChI=1S/C14H19NO3/c1-10(9-14(17)18)8-13(16)15-11(2)12-6-4-3-5-7-12/h3-7,10-11H,8-9H2,1-2H3,(H,15,16)(H,17,18)/t10-,11+/m1/s1. The molecular formula is C14H19NO3. The largest absolute Gasteiger partial charge is 0.481 e. The fourth-order valence-corrected chi connectivity index (χ4v) is 1.81. The zero-order valence-corrected chi connectivity index (χ0v) is 10.7. The van der Waals surface area contributed by atoms with Gasteiger partial charge in [-0.15, -0.1) is 0 Å². The average molecular weight is 249 g/mol. The van der Waals surface area contributed by atoms with Crippen molar-refractivity contribution in [2.24, 2.45) is 5.92 Å². The predicted octanol–water partition coefficient (Wildman–Crippen LogP) is 2.36. The van der Waals surface area contributed by atoms with E-state index < -0.39 is 5.97 Å². The van der Waals surface area contributed by atoms with Crippen molar-refractivity contribution in [2.45, 2.75) is 32.7 Å². The van der Waals surface area contributed by atoms with Crippen LogP contribution < -0.4 is 5.32 Å². The summed E-state index contributed by atoms with van der Waals surface area (Å²) in [6.45, 7) is 3.68.